The predicted octanol–water partition coefficient (Wildman–Crippen LogP) is 1.53. The van der Waals surface area contributed by atoms with Gasteiger partial charge in [0.15, 0.2) is 6.54 Å². The van der Waals surface area contributed by atoms with Gasteiger partial charge in [0.25, 0.3) is 5.91 Å². The van der Waals surface area contributed by atoms with E-state index < -0.39 is 0 Å². The third-order valence-corrected chi connectivity index (χ3v) is 5.81. The maximum absolute atomic E-state index is 12.5. The molecule has 2 N–H and O–H groups in total. The number of hydrogen-bond acceptors (Lipinski definition) is 6. The van der Waals surface area contributed by atoms with Crippen LogP contribution in [0.4, 0.5) is 5.00 Å². The van der Waals surface area contributed by atoms with E-state index in [1.807, 2.05) is 5.38 Å². The number of rotatable bonds is 8. The minimum atomic E-state index is -0.388. The maximum Gasteiger partial charge on any atom is 0.341 e. The molecule has 28 heavy (non-hydrogen) atoms. The van der Waals surface area contributed by atoms with Crippen molar-refractivity contribution in [2.24, 2.45) is 11.8 Å². The summed E-state index contributed by atoms with van der Waals surface area (Å²) < 4.78 is 9.99. The number of piperidine rings is 1. The Bertz CT molecular complexity index is 693. The van der Waals surface area contributed by atoms with Crippen molar-refractivity contribution in [3.8, 4) is 0 Å². The maximum atomic E-state index is 12.5. The zero-order valence-electron chi connectivity index (χ0n) is 17.1. The number of ether oxygens (including phenoxy) is 2. The Kier molecular flexibility index (Phi) is 8.44. The van der Waals surface area contributed by atoms with Gasteiger partial charge < -0.3 is 19.7 Å². The fraction of sp³-hybridized carbons (Fsp3) is 0.650. The first-order valence-electron chi connectivity index (χ1n) is 9.84. The summed E-state index contributed by atoms with van der Waals surface area (Å²) in [6.45, 7) is 8.06. The quantitative estimate of drug-likeness (QED) is 0.634. The molecule has 0 bridgehead atoms. The highest BCUT2D eigenvalue weighted by atomic mass is 32.1. The molecule has 2 rings (SSSR count). The van der Waals surface area contributed by atoms with Crippen LogP contribution in [0.3, 0.4) is 0 Å². The highest BCUT2D eigenvalue weighted by Gasteiger charge is 2.29. The van der Waals surface area contributed by atoms with Gasteiger partial charge in [0.05, 0.1) is 38.3 Å². The molecule has 1 aliphatic rings. The van der Waals surface area contributed by atoms with Crippen molar-refractivity contribution in [3.63, 3.8) is 0 Å². The lowest BCUT2D eigenvalue weighted by atomic mass is 9.97. The van der Waals surface area contributed by atoms with Crippen LogP contribution in [0.2, 0.25) is 0 Å². The van der Waals surface area contributed by atoms with E-state index in [9.17, 15) is 14.4 Å². The Morgan fingerprint density at radius 1 is 1.29 bits per heavy atom. The number of methoxy groups -OCH3 is 1. The van der Waals surface area contributed by atoms with Gasteiger partial charge in [0.2, 0.25) is 0 Å². The van der Waals surface area contributed by atoms with Gasteiger partial charge in [-0.25, -0.2) is 4.79 Å². The van der Waals surface area contributed by atoms with Gasteiger partial charge in [-0.05, 0) is 30.2 Å². The second-order valence-corrected chi connectivity index (χ2v) is 8.44. The van der Waals surface area contributed by atoms with Crippen molar-refractivity contribution in [1.82, 2.24) is 0 Å². The van der Waals surface area contributed by atoms with E-state index in [0.29, 0.717) is 29.6 Å². The summed E-state index contributed by atoms with van der Waals surface area (Å²) in [6, 6.07) is 0. The first-order chi connectivity index (χ1) is 13.3. The summed E-state index contributed by atoms with van der Waals surface area (Å²) in [6.07, 6.45) is 2.20. The number of carbonyl (C=O) groups excluding carboxylic acids is 3. The molecular weight excluding hydrogens is 380 g/mol. The van der Waals surface area contributed by atoms with Crippen molar-refractivity contribution in [2.45, 2.75) is 40.0 Å². The predicted molar refractivity (Wildman–Crippen MR) is 108 cm³/mol. The van der Waals surface area contributed by atoms with Gasteiger partial charge in [-0.3, -0.25) is 9.59 Å². The average molecular weight is 412 g/mol. The molecule has 1 aromatic heterocycles. The first-order valence-corrected chi connectivity index (χ1v) is 10.7. The molecule has 1 aliphatic heterocycles. The zero-order chi connectivity index (χ0) is 20.7. The highest BCUT2D eigenvalue weighted by Crippen LogP contribution is 2.30. The Morgan fingerprint density at radius 2 is 1.96 bits per heavy atom. The number of anilines is 1. The average Bonchev–Trinajstić information content (AvgIpc) is 3.03. The second-order valence-electron chi connectivity index (χ2n) is 7.56. The Labute approximate surface area is 170 Å². The minimum Gasteiger partial charge on any atom is -0.469 e. The van der Waals surface area contributed by atoms with Crippen molar-refractivity contribution < 1.29 is 28.8 Å². The SMILES string of the molecule is CCOC(=O)c1c(CC(C)C)csc1NC(=O)C[NH+]1CCC(C(=O)OC)CC1. The monoisotopic (exact) mass is 411 g/mol. The van der Waals surface area contributed by atoms with Gasteiger partial charge in [-0.2, -0.15) is 0 Å². The van der Waals surface area contributed by atoms with Gasteiger partial charge in [-0.15, -0.1) is 11.3 Å². The van der Waals surface area contributed by atoms with E-state index in [4.69, 9.17) is 9.47 Å². The molecule has 0 unspecified atom stereocenters. The fourth-order valence-electron chi connectivity index (χ4n) is 3.51. The van der Waals surface area contributed by atoms with Crippen molar-refractivity contribution >= 4 is 34.2 Å². The largest absolute Gasteiger partial charge is 0.469 e. The van der Waals surface area contributed by atoms with Crippen LogP contribution in [0.1, 0.15) is 49.5 Å². The third kappa shape index (κ3) is 6.04. The first kappa shape index (κ1) is 22.4. The molecule has 1 saturated heterocycles. The molecule has 0 aliphatic carbocycles. The van der Waals surface area contributed by atoms with Crippen molar-refractivity contribution in [1.29, 1.82) is 0 Å². The van der Waals surface area contributed by atoms with Crippen LogP contribution in [0, 0.1) is 11.8 Å². The van der Waals surface area contributed by atoms with Gasteiger partial charge >= 0.3 is 11.9 Å². The van der Waals surface area contributed by atoms with Crippen LogP contribution in [-0.2, 0) is 25.5 Å². The van der Waals surface area contributed by atoms with Crippen LogP contribution < -0.4 is 10.2 Å². The van der Waals surface area contributed by atoms with E-state index in [1.54, 1.807) is 6.92 Å². The molecule has 2 heterocycles. The molecule has 1 fully saturated rings. The molecule has 1 amide bonds. The van der Waals surface area contributed by atoms with E-state index in [0.717, 1.165) is 42.8 Å². The summed E-state index contributed by atoms with van der Waals surface area (Å²) in [7, 11) is 1.41. The number of likely N-dealkylation sites (tertiary alicyclic amines) is 1. The number of quaternary nitrogens is 1. The normalized spacial score (nSPS) is 19.3. The lowest BCUT2D eigenvalue weighted by Gasteiger charge is -2.27. The van der Waals surface area contributed by atoms with E-state index >= 15 is 0 Å². The molecule has 156 valence electrons. The third-order valence-electron chi connectivity index (χ3n) is 4.87. The number of carbonyl (C=O) groups is 3. The number of esters is 2. The molecule has 0 aromatic carbocycles. The zero-order valence-corrected chi connectivity index (χ0v) is 17.9. The van der Waals surface area contributed by atoms with Crippen LogP contribution in [-0.4, -0.2) is 51.2 Å². The van der Waals surface area contributed by atoms with Crippen LogP contribution in [0.5, 0.6) is 0 Å². The molecule has 0 spiro atoms. The van der Waals surface area contributed by atoms with Crippen molar-refractivity contribution in [3.05, 3.63) is 16.5 Å². The Morgan fingerprint density at radius 3 is 2.54 bits per heavy atom. The highest BCUT2D eigenvalue weighted by molar-refractivity contribution is 7.15. The van der Waals surface area contributed by atoms with Gasteiger partial charge in [0, 0.05) is 12.8 Å². The topological polar surface area (TPSA) is 86.1 Å². The molecule has 7 nitrogen and oxygen atoms in total. The van der Waals surface area contributed by atoms with E-state index in [1.165, 1.54) is 18.4 Å². The molecule has 0 saturated carbocycles. The number of amides is 1. The molecule has 0 atom stereocenters. The number of nitrogens with one attached hydrogen (secondary N) is 2. The number of hydrogen-bond donors (Lipinski definition) is 2. The summed E-state index contributed by atoms with van der Waals surface area (Å²) in [5.41, 5.74) is 1.40. The lowest BCUT2D eigenvalue weighted by Crippen LogP contribution is -3.14. The molecule has 0 radical (unpaired) electrons. The molecule has 8 heteroatoms. The molecular formula is C20H31N2O5S+. The summed E-state index contributed by atoms with van der Waals surface area (Å²) >= 11 is 1.37. The van der Waals surface area contributed by atoms with E-state index in [-0.39, 0.29) is 23.8 Å². The van der Waals surface area contributed by atoms with Crippen LogP contribution in [0.25, 0.3) is 0 Å². The summed E-state index contributed by atoms with van der Waals surface area (Å²) in [5, 5.41) is 5.39. The standard InChI is InChI=1S/C20H30N2O5S/c1-5-27-20(25)17-15(10-13(2)3)12-28-18(17)21-16(23)11-22-8-6-14(7-9-22)19(24)26-4/h12-14H,5-11H2,1-4H3,(H,21,23)/p+1. The minimum absolute atomic E-state index is 0.0666. The molecule has 1 aromatic rings. The second kappa shape index (κ2) is 10.6. The van der Waals surface area contributed by atoms with Crippen molar-refractivity contribution in [2.75, 3.05) is 38.7 Å². The van der Waals surface area contributed by atoms with Gasteiger partial charge in [0.1, 0.15) is 5.00 Å². The van der Waals surface area contributed by atoms with Crippen LogP contribution in [0.15, 0.2) is 5.38 Å². The summed E-state index contributed by atoms with van der Waals surface area (Å²) in [4.78, 5) is 37.7. The lowest BCUT2D eigenvalue weighted by molar-refractivity contribution is -0.897. The summed E-state index contributed by atoms with van der Waals surface area (Å²) in [5.74, 6) is -0.357. The Hall–Kier alpha value is -1.93. The van der Waals surface area contributed by atoms with Crippen LogP contribution >= 0.6 is 11.3 Å². The number of thiophene rings is 1. The fourth-order valence-corrected chi connectivity index (χ4v) is 4.49. The Balaban J connectivity index is 1.99. The van der Waals surface area contributed by atoms with Gasteiger partial charge in [-0.1, -0.05) is 13.8 Å². The smallest absolute Gasteiger partial charge is 0.341 e. The van der Waals surface area contributed by atoms with E-state index in [2.05, 4.69) is 19.2 Å².